The Balaban J connectivity index is 1.51. The number of benzene rings is 1. The van der Waals surface area contributed by atoms with Crippen molar-refractivity contribution in [2.75, 3.05) is 25.4 Å². The Morgan fingerprint density at radius 1 is 0.955 bits per heavy atom. The zero-order chi connectivity index (χ0) is 15.2. The molecule has 3 rings (SSSR count). The Labute approximate surface area is 134 Å². The van der Waals surface area contributed by atoms with Gasteiger partial charge in [-0.1, -0.05) is 11.8 Å². The van der Waals surface area contributed by atoms with Crippen LogP contribution >= 0.6 is 11.8 Å². The van der Waals surface area contributed by atoms with Gasteiger partial charge in [0.1, 0.15) is 10.8 Å². The van der Waals surface area contributed by atoms with E-state index in [0.29, 0.717) is 0 Å². The van der Waals surface area contributed by atoms with Crippen LogP contribution in [-0.4, -0.2) is 35.6 Å². The molecule has 0 saturated carbocycles. The van der Waals surface area contributed by atoms with Crippen molar-refractivity contribution >= 4 is 11.8 Å². The van der Waals surface area contributed by atoms with Crippen LogP contribution in [0.2, 0.25) is 0 Å². The number of halogens is 1. The molecule has 1 saturated heterocycles. The lowest BCUT2D eigenvalue weighted by molar-refractivity contribution is -0.902. The van der Waals surface area contributed by atoms with Crippen molar-refractivity contribution in [3.63, 3.8) is 0 Å². The quantitative estimate of drug-likeness (QED) is 0.859. The number of aromatic nitrogens is 2. The molecule has 0 atom stereocenters. The van der Waals surface area contributed by atoms with Crippen molar-refractivity contribution in [1.82, 2.24) is 10.2 Å². The van der Waals surface area contributed by atoms with Crippen LogP contribution < -0.4 is 4.90 Å². The summed E-state index contributed by atoms with van der Waals surface area (Å²) in [4.78, 5) is 1.72. The van der Waals surface area contributed by atoms with E-state index in [2.05, 4.69) is 10.2 Å². The maximum absolute atomic E-state index is 12.9. The number of hydrogen-bond donors (Lipinski definition) is 1. The fourth-order valence-corrected chi connectivity index (χ4v) is 3.64. The number of quaternary nitrogens is 1. The van der Waals surface area contributed by atoms with Gasteiger partial charge in [0.15, 0.2) is 0 Å². The summed E-state index contributed by atoms with van der Waals surface area (Å²) in [6, 6.07) is 10.3. The highest BCUT2D eigenvalue weighted by atomic mass is 32.2. The van der Waals surface area contributed by atoms with Gasteiger partial charge >= 0.3 is 0 Å². The van der Waals surface area contributed by atoms with Gasteiger partial charge in [0.25, 0.3) is 0 Å². The van der Waals surface area contributed by atoms with Crippen molar-refractivity contribution in [1.29, 1.82) is 0 Å². The first-order valence-electron chi connectivity index (χ1n) is 7.87. The highest BCUT2D eigenvalue weighted by Gasteiger charge is 2.13. The van der Waals surface area contributed by atoms with Crippen LogP contribution in [-0.2, 0) is 0 Å². The number of hydrogen-bond acceptors (Lipinski definition) is 3. The molecule has 2 aromatic rings. The molecule has 0 unspecified atom stereocenters. The molecule has 1 aliphatic rings. The van der Waals surface area contributed by atoms with Gasteiger partial charge in [-0.15, -0.1) is 10.2 Å². The second kappa shape index (κ2) is 7.70. The van der Waals surface area contributed by atoms with E-state index in [0.717, 1.165) is 22.0 Å². The maximum atomic E-state index is 12.9. The minimum absolute atomic E-state index is 0.232. The average Bonchev–Trinajstić information content (AvgIpc) is 2.57. The fourth-order valence-electron chi connectivity index (χ4n) is 2.77. The van der Waals surface area contributed by atoms with E-state index in [1.807, 2.05) is 12.1 Å². The molecule has 116 valence electrons. The van der Waals surface area contributed by atoms with Crippen LogP contribution in [0.5, 0.6) is 0 Å². The smallest absolute Gasteiger partial charge is 0.123 e. The molecule has 0 bridgehead atoms. The third-order valence-corrected chi connectivity index (χ3v) is 4.97. The first kappa shape index (κ1) is 15.4. The maximum Gasteiger partial charge on any atom is 0.123 e. The van der Waals surface area contributed by atoms with Crippen LogP contribution in [0.15, 0.2) is 41.4 Å². The van der Waals surface area contributed by atoms with Crippen molar-refractivity contribution in [3.8, 4) is 11.3 Å². The minimum atomic E-state index is -0.232. The predicted molar refractivity (Wildman–Crippen MR) is 87.6 cm³/mol. The van der Waals surface area contributed by atoms with Crippen LogP contribution in [0.4, 0.5) is 4.39 Å². The number of likely N-dealkylation sites (tertiary alicyclic amines) is 1. The molecule has 1 aromatic carbocycles. The first-order valence-corrected chi connectivity index (χ1v) is 8.86. The highest BCUT2D eigenvalue weighted by Crippen LogP contribution is 2.19. The van der Waals surface area contributed by atoms with Gasteiger partial charge in [-0.25, -0.2) is 4.39 Å². The Hall–Kier alpha value is -1.46. The Morgan fingerprint density at radius 3 is 2.41 bits per heavy atom. The summed E-state index contributed by atoms with van der Waals surface area (Å²) in [7, 11) is 0. The SMILES string of the molecule is Fc1ccc(-c2ccc(SCC[NH+]3CCCCC3)nn2)cc1. The number of thioether (sulfide) groups is 1. The zero-order valence-electron chi connectivity index (χ0n) is 12.6. The van der Waals surface area contributed by atoms with E-state index in [4.69, 9.17) is 0 Å². The van der Waals surface area contributed by atoms with Crippen LogP contribution in [0, 0.1) is 5.82 Å². The van der Waals surface area contributed by atoms with Crippen LogP contribution in [0.3, 0.4) is 0 Å². The Morgan fingerprint density at radius 2 is 1.73 bits per heavy atom. The Kier molecular flexibility index (Phi) is 5.40. The molecule has 5 heteroatoms. The third-order valence-electron chi connectivity index (χ3n) is 4.05. The molecule has 0 amide bonds. The standard InChI is InChI=1S/C17H20FN3S/c18-15-6-4-14(5-7-15)16-8-9-17(20-19-16)22-13-12-21-10-2-1-3-11-21/h4-9H,1-3,10-13H2/p+1. The van der Waals surface area contributed by atoms with Crippen LogP contribution in [0.25, 0.3) is 11.3 Å². The second-order valence-electron chi connectivity index (χ2n) is 5.67. The monoisotopic (exact) mass is 318 g/mol. The molecule has 1 aromatic heterocycles. The van der Waals surface area contributed by atoms with Crippen molar-refractivity contribution in [2.24, 2.45) is 0 Å². The summed E-state index contributed by atoms with van der Waals surface area (Å²) in [5, 5.41) is 9.47. The fraction of sp³-hybridized carbons (Fsp3) is 0.412. The summed E-state index contributed by atoms with van der Waals surface area (Å²) in [6.45, 7) is 3.83. The van der Waals surface area contributed by atoms with Gasteiger partial charge in [0.2, 0.25) is 0 Å². The first-order chi connectivity index (χ1) is 10.8. The molecule has 1 N–H and O–H groups in total. The molecule has 3 nitrogen and oxygen atoms in total. The predicted octanol–water partition coefficient (Wildman–Crippen LogP) is 2.44. The van der Waals surface area contributed by atoms with Gasteiger partial charge in [-0.05, 0) is 55.7 Å². The van der Waals surface area contributed by atoms with Crippen LogP contribution in [0.1, 0.15) is 19.3 Å². The topological polar surface area (TPSA) is 30.2 Å². The van der Waals surface area contributed by atoms with Crippen molar-refractivity contribution in [3.05, 3.63) is 42.2 Å². The molecule has 1 fully saturated rings. The molecule has 22 heavy (non-hydrogen) atoms. The average molecular weight is 318 g/mol. The second-order valence-corrected chi connectivity index (χ2v) is 6.79. The minimum Gasteiger partial charge on any atom is -0.334 e. The van der Waals surface area contributed by atoms with Gasteiger partial charge < -0.3 is 4.90 Å². The number of piperidine rings is 1. The van der Waals surface area contributed by atoms with E-state index in [1.54, 1.807) is 28.8 Å². The molecule has 0 spiro atoms. The molecule has 0 aliphatic carbocycles. The number of rotatable bonds is 5. The molecule has 1 aliphatic heterocycles. The molecule has 2 heterocycles. The lowest BCUT2D eigenvalue weighted by Crippen LogP contribution is -3.13. The number of nitrogens with zero attached hydrogens (tertiary/aromatic N) is 2. The van der Waals surface area contributed by atoms with Crippen molar-refractivity contribution in [2.45, 2.75) is 24.3 Å². The normalized spacial score (nSPS) is 15.9. The van der Waals surface area contributed by atoms with Crippen molar-refractivity contribution < 1.29 is 9.29 Å². The molecular formula is C17H21FN3S+. The summed E-state index contributed by atoms with van der Waals surface area (Å²) in [5.41, 5.74) is 1.68. The van der Waals surface area contributed by atoms with Gasteiger partial charge in [-0.3, -0.25) is 0 Å². The van der Waals surface area contributed by atoms with Gasteiger partial charge in [0.05, 0.1) is 25.3 Å². The lowest BCUT2D eigenvalue weighted by Gasteiger charge is -2.23. The largest absolute Gasteiger partial charge is 0.334 e. The molecule has 0 radical (unpaired) electrons. The van der Waals surface area contributed by atoms with E-state index in [1.165, 1.54) is 51.0 Å². The van der Waals surface area contributed by atoms with E-state index >= 15 is 0 Å². The lowest BCUT2D eigenvalue weighted by atomic mass is 10.1. The van der Waals surface area contributed by atoms with Gasteiger partial charge in [-0.2, -0.15) is 0 Å². The van der Waals surface area contributed by atoms with E-state index in [9.17, 15) is 4.39 Å². The van der Waals surface area contributed by atoms with Gasteiger partial charge in [0, 0.05) is 11.3 Å². The summed E-state index contributed by atoms with van der Waals surface area (Å²) < 4.78 is 12.9. The third kappa shape index (κ3) is 4.27. The summed E-state index contributed by atoms with van der Waals surface area (Å²) in [5.74, 6) is 0.851. The summed E-state index contributed by atoms with van der Waals surface area (Å²) in [6.07, 6.45) is 4.13. The zero-order valence-corrected chi connectivity index (χ0v) is 13.4. The summed E-state index contributed by atoms with van der Waals surface area (Å²) >= 11 is 1.77. The Bertz CT molecular complexity index is 580. The molecular weight excluding hydrogens is 297 g/mol. The van der Waals surface area contributed by atoms with E-state index in [-0.39, 0.29) is 5.82 Å². The van der Waals surface area contributed by atoms with E-state index < -0.39 is 0 Å². The highest BCUT2D eigenvalue weighted by molar-refractivity contribution is 7.99. The number of nitrogens with one attached hydrogen (secondary N) is 1.